The number of fused-ring (bicyclic) bond motifs is 3. The third-order valence-electron chi connectivity index (χ3n) is 5.02. The van der Waals surface area contributed by atoms with E-state index < -0.39 is 0 Å². The minimum atomic E-state index is -0.351. The Hall–Kier alpha value is -2.70. The molecule has 0 saturated heterocycles. The zero-order chi connectivity index (χ0) is 22.0. The molecule has 160 valence electrons. The number of alkyl halides is 1. The van der Waals surface area contributed by atoms with Gasteiger partial charge in [0.1, 0.15) is 12.1 Å². The summed E-state index contributed by atoms with van der Waals surface area (Å²) >= 11 is 7.88. The third kappa shape index (κ3) is 4.50. The van der Waals surface area contributed by atoms with Gasteiger partial charge in [-0.25, -0.2) is 14.4 Å². The molecular weight excluding hydrogens is 433 g/mol. The van der Waals surface area contributed by atoms with Crippen LogP contribution in [-0.4, -0.2) is 23.6 Å². The second-order valence-corrected chi connectivity index (χ2v) is 8.87. The van der Waals surface area contributed by atoms with Crippen molar-refractivity contribution in [3.8, 4) is 5.75 Å². The van der Waals surface area contributed by atoms with Crippen LogP contribution in [0.4, 0.5) is 10.2 Å². The molecule has 2 aromatic carbocycles. The van der Waals surface area contributed by atoms with Crippen LogP contribution in [0, 0.1) is 5.82 Å². The first-order valence-electron chi connectivity index (χ1n) is 9.97. The van der Waals surface area contributed by atoms with E-state index in [9.17, 15) is 4.39 Å². The van der Waals surface area contributed by atoms with Gasteiger partial charge in [-0.2, -0.15) is 0 Å². The summed E-state index contributed by atoms with van der Waals surface area (Å²) in [7, 11) is 1.46. The van der Waals surface area contributed by atoms with Gasteiger partial charge in [0.2, 0.25) is 0 Å². The molecule has 0 aliphatic heterocycles. The van der Waals surface area contributed by atoms with E-state index in [-0.39, 0.29) is 11.6 Å². The predicted molar refractivity (Wildman–Crippen MR) is 129 cm³/mol. The summed E-state index contributed by atoms with van der Waals surface area (Å²) in [6.07, 6.45) is 4.40. The summed E-state index contributed by atoms with van der Waals surface area (Å²) in [5.74, 6) is 1.14. The summed E-state index contributed by atoms with van der Waals surface area (Å²) < 4.78 is 21.1. The highest BCUT2D eigenvalue weighted by Gasteiger charge is 2.14. The first-order valence-corrected chi connectivity index (χ1v) is 11.3. The molecule has 0 saturated carbocycles. The molecule has 0 unspecified atom stereocenters. The highest BCUT2D eigenvalue weighted by atomic mass is 35.5. The quantitative estimate of drug-likeness (QED) is 0.311. The van der Waals surface area contributed by atoms with E-state index in [1.165, 1.54) is 18.7 Å². The molecule has 4 nitrogen and oxygen atoms in total. The monoisotopic (exact) mass is 455 g/mol. The van der Waals surface area contributed by atoms with Crippen LogP contribution in [0.2, 0.25) is 0 Å². The van der Waals surface area contributed by atoms with Gasteiger partial charge in [0.25, 0.3) is 0 Å². The number of hydrogen-bond donors (Lipinski definition) is 1. The van der Waals surface area contributed by atoms with Gasteiger partial charge in [0, 0.05) is 22.5 Å². The van der Waals surface area contributed by atoms with E-state index in [0.29, 0.717) is 18.8 Å². The number of nitrogens with one attached hydrogen (secondary N) is 1. The van der Waals surface area contributed by atoms with Crippen molar-refractivity contribution >= 4 is 55.1 Å². The fourth-order valence-corrected chi connectivity index (χ4v) is 4.94. The average molecular weight is 456 g/mol. The van der Waals surface area contributed by atoms with Crippen LogP contribution in [0.25, 0.3) is 26.4 Å². The largest absolute Gasteiger partial charge is 0.494 e. The molecular formula is C24H23ClFN3OS. The number of allylic oxidation sites excluding steroid dienone is 1. The predicted octanol–water partition coefficient (Wildman–Crippen LogP) is 6.81. The molecule has 4 aromatic rings. The summed E-state index contributed by atoms with van der Waals surface area (Å²) in [6, 6.07) is 9.34. The van der Waals surface area contributed by atoms with Crippen molar-refractivity contribution < 1.29 is 9.13 Å². The summed E-state index contributed by atoms with van der Waals surface area (Å²) in [6.45, 7) is 4.78. The average Bonchev–Trinajstić information content (AvgIpc) is 3.11. The number of ether oxygens (including phenoxy) is 1. The lowest BCUT2D eigenvalue weighted by Crippen LogP contribution is -2.07. The molecule has 0 aliphatic rings. The number of anilines is 1. The van der Waals surface area contributed by atoms with Crippen molar-refractivity contribution in [3.05, 3.63) is 64.7 Å². The Kier molecular flexibility index (Phi) is 6.39. The van der Waals surface area contributed by atoms with Crippen LogP contribution in [0.5, 0.6) is 5.75 Å². The number of methoxy groups -OCH3 is 1. The zero-order valence-electron chi connectivity index (χ0n) is 17.6. The number of halogens is 2. The topological polar surface area (TPSA) is 47.0 Å². The molecule has 2 heterocycles. The molecule has 0 atom stereocenters. The van der Waals surface area contributed by atoms with Crippen LogP contribution >= 0.6 is 22.9 Å². The molecule has 2 aromatic heterocycles. The maximum Gasteiger partial charge on any atom is 0.165 e. The molecule has 0 fully saturated rings. The normalized spacial score (nSPS) is 11.1. The zero-order valence-corrected chi connectivity index (χ0v) is 19.2. The number of benzene rings is 2. The van der Waals surface area contributed by atoms with Crippen molar-refractivity contribution in [1.29, 1.82) is 0 Å². The van der Waals surface area contributed by atoms with Gasteiger partial charge in [-0.05, 0) is 61.2 Å². The van der Waals surface area contributed by atoms with Crippen LogP contribution < -0.4 is 10.1 Å². The van der Waals surface area contributed by atoms with Crippen molar-refractivity contribution in [2.75, 3.05) is 19.0 Å². The molecule has 1 N–H and O–H groups in total. The molecule has 4 rings (SSSR count). The fraction of sp³-hybridized carbons (Fsp3) is 0.250. The maximum absolute atomic E-state index is 13.9. The van der Waals surface area contributed by atoms with E-state index in [1.807, 2.05) is 6.07 Å². The van der Waals surface area contributed by atoms with Crippen molar-refractivity contribution in [1.82, 2.24) is 9.97 Å². The first kappa shape index (κ1) is 21.5. The van der Waals surface area contributed by atoms with Crippen molar-refractivity contribution in [2.45, 2.75) is 26.1 Å². The van der Waals surface area contributed by atoms with Crippen LogP contribution in [0.1, 0.15) is 30.5 Å². The molecule has 0 amide bonds. The Balaban J connectivity index is 1.62. The van der Waals surface area contributed by atoms with E-state index in [2.05, 4.69) is 47.3 Å². The van der Waals surface area contributed by atoms with E-state index in [0.717, 1.165) is 42.8 Å². The first-order chi connectivity index (χ1) is 15.0. The summed E-state index contributed by atoms with van der Waals surface area (Å²) in [5, 5.41) is 4.48. The second kappa shape index (κ2) is 9.20. The van der Waals surface area contributed by atoms with Gasteiger partial charge >= 0.3 is 0 Å². The van der Waals surface area contributed by atoms with Crippen molar-refractivity contribution in [3.63, 3.8) is 0 Å². The van der Waals surface area contributed by atoms with E-state index in [4.69, 9.17) is 16.3 Å². The SMILES string of the molecule is COc1ccc(CCNc2ncnc3c2sc2cc(C=C(C)C)c(CCl)cc23)cc1F. The standard InChI is InChI=1S/C24H23ClFN3OS/c1-14(2)8-16-11-21-18(10-17(16)12-25)22-23(31-21)24(29-13-28-22)27-7-6-15-4-5-20(30-3)19(26)9-15/h4-5,8-11,13H,6-7,12H2,1-3H3,(H,27,28,29). The Morgan fingerprint density at radius 2 is 2.06 bits per heavy atom. The lowest BCUT2D eigenvalue weighted by molar-refractivity contribution is 0.386. The fourth-order valence-electron chi connectivity index (χ4n) is 3.56. The molecule has 0 spiro atoms. The molecule has 31 heavy (non-hydrogen) atoms. The van der Waals surface area contributed by atoms with E-state index in [1.54, 1.807) is 23.7 Å². The number of aromatic nitrogens is 2. The summed E-state index contributed by atoms with van der Waals surface area (Å²) in [4.78, 5) is 8.98. The third-order valence-corrected chi connectivity index (χ3v) is 6.46. The van der Waals surface area contributed by atoms with E-state index >= 15 is 0 Å². The number of rotatable bonds is 7. The molecule has 0 bridgehead atoms. The van der Waals surface area contributed by atoms with Crippen LogP contribution in [0.3, 0.4) is 0 Å². The molecule has 0 radical (unpaired) electrons. The summed E-state index contributed by atoms with van der Waals surface area (Å²) in [5.41, 5.74) is 5.26. The Bertz CT molecular complexity index is 1280. The van der Waals surface area contributed by atoms with Crippen LogP contribution in [-0.2, 0) is 12.3 Å². The van der Waals surface area contributed by atoms with Gasteiger partial charge in [0.15, 0.2) is 11.6 Å². The lowest BCUT2D eigenvalue weighted by atomic mass is 10.0. The number of thiophene rings is 1. The smallest absolute Gasteiger partial charge is 0.165 e. The Labute approximate surface area is 189 Å². The number of nitrogens with zero attached hydrogens (tertiary/aromatic N) is 2. The minimum Gasteiger partial charge on any atom is -0.494 e. The van der Waals surface area contributed by atoms with Crippen LogP contribution in [0.15, 0.2) is 42.2 Å². The molecule has 7 heteroatoms. The van der Waals surface area contributed by atoms with Gasteiger partial charge in [-0.3, -0.25) is 0 Å². The van der Waals surface area contributed by atoms with Crippen molar-refractivity contribution in [2.24, 2.45) is 0 Å². The minimum absolute atomic E-state index is 0.253. The van der Waals surface area contributed by atoms with Gasteiger partial charge in [0.05, 0.1) is 17.3 Å². The van der Waals surface area contributed by atoms with Gasteiger partial charge in [-0.1, -0.05) is 17.7 Å². The van der Waals surface area contributed by atoms with Gasteiger partial charge in [-0.15, -0.1) is 22.9 Å². The highest BCUT2D eigenvalue weighted by Crippen LogP contribution is 2.38. The highest BCUT2D eigenvalue weighted by molar-refractivity contribution is 7.26. The lowest BCUT2D eigenvalue weighted by Gasteiger charge is -2.08. The van der Waals surface area contributed by atoms with Gasteiger partial charge < -0.3 is 10.1 Å². The Morgan fingerprint density at radius 1 is 1.23 bits per heavy atom. The Morgan fingerprint density at radius 3 is 2.77 bits per heavy atom. The molecule has 0 aliphatic carbocycles. The second-order valence-electron chi connectivity index (χ2n) is 7.55. The number of hydrogen-bond acceptors (Lipinski definition) is 5. The maximum atomic E-state index is 13.9.